The van der Waals surface area contributed by atoms with Crippen molar-refractivity contribution < 1.29 is 4.11 Å². The zero-order valence-corrected chi connectivity index (χ0v) is 6.97. The fourth-order valence-electron chi connectivity index (χ4n) is 1.09. The fraction of sp³-hybridized carbons (Fsp3) is 0.100. The molecule has 2 rings (SSSR count). The molecule has 0 radical (unpaired) electrons. The fourth-order valence-corrected chi connectivity index (χ4v) is 1.26. The van der Waals surface area contributed by atoms with Crippen LogP contribution in [0, 0.1) is 6.85 Å². The lowest BCUT2D eigenvalue weighted by Crippen LogP contribution is -1.81. The van der Waals surface area contributed by atoms with Crippen molar-refractivity contribution >= 4 is 22.5 Å². The Kier molecular flexibility index (Phi) is 1.11. The second kappa shape index (κ2) is 2.76. The van der Waals surface area contributed by atoms with Gasteiger partial charge in [0.05, 0.1) is 5.52 Å². The Morgan fingerprint density at radius 2 is 2.17 bits per heavy atom. The molecule has 2 heteroatoms. The lowest BCUT2D eigenvalue weighted by molar-refractivity contribution is 1.26. The first-order valence-electron chi connectivity index (χ1n) is 5.03. The Hall–Kier alpha value is -1.08. The summed E-state index contributed by atoms with van der Waals surface area (Å²) in [7, 11) is 0. The highest BCUT2D eigenvalue weighted by Gasteiger charge is 1.95. The van der Waals surface area contributed by atoms with Crippen molar-refractivity contribution in [1.82, 2.24) is 4.98 Å². The number of rotatable bonds is 0. The average Bonchev–Trinajstić information content (AvgIpc) is 2.15. The largest absolute Gasteiger partial charge is 0.253 e. The van der Waals surface area contributed by atoms with Gasteiger partial charge in [0.2, 0.25) is 0 Å². The molecule has 0 aliphatic heterocycles. The molecule has 0 atom stereocenters. The zero-order chi connectivity index (χ0) is 11.1. The molecule has 0 aliphatic rings. The van der Waals surface area contributed by atoms with Crippen molar-refractivity contribution in [2.24, 2.45) is 0 Å². The van der Waals surface area contributed by atoms with Crippen LogP contribution in [-0.2, 0) is 0 Å². The molecule has 1 aromatic carbocycles. The molecule has 0 bridgehead atoms. The highest BCUT2D eigenvalue weighted by molar-refractivity contribution is 6.31. The summed E-state index contributed by atoms with van der Waals surface area (Å²) < 4.78 is 21.7. The second-order valence-corrected chi connectivity index (χ2v) is 2.97. The van der Waals surface area contributed by atoms with Gasteiger partial charge in [-0.3, -0.25) is 4.98 Å². The van der Waals surface area contributed by atoms with E-state index in [0.717, 1.165) is 5.39 Å². The molecule has 60 valence electrons. The first-order chi connectivity index (χ1) is 6.97. The summed E-state index contributed by atoms with van der Waals surface area (Å²) in [6, 6.07) is 8.48. The van der Waals surface area contributed by atoms with Gasteiger partial charge in [-0.2, -0.15) is 0 Å². The van der Waals surface area contributed by atoms with Crippen LogP contribution in [0.4, 0.5) is 0 Å². The number of aromatic nitrogens is 1. The number of aryl methyl sites for hydroxylation is 1. The van der Waals surface area contributed by atoms with Crippen molar-refractivity contribution in [2.45, 2.75) is 6.85 Å². The van der Waals surface area contributed by atoms with E-state index in [1.54, 1.807) is 18.2 Å². The molecule has 1 heterocycles. The van der Waals surface area contributed by atoms with Crippen LogP contribution in [0.2, 0.25) is 5.02 Å². The van der Waals surface area contributed by atoms with Gasteiger partial charge in [0.1, 0.15) is 0 Å². The van der Waals surface area contributed by atoms with Crippen LogP contribution in [-0.4, -0.2) is 4.98 Å². The van der Waals surface area contributed by atoms with E-state index in [9.17, 15) is 0 Å². The first kappa shape index (κ1) is 4.83. The highest BCUT2D eigenvalue weighted by Crippen LogP contribution is 2.17. The minimum Gasteiger partial charge on any atom is -0.253 e. The highest BCUT2D eigenvalue weighted by atomic mass is 35.5. The average molecular weight is 181 g/mol. The molecule has 0 saturated heterocycles. The van der Waals surface area contributed by atoms with E-state index in [2.05, 4.69) is 4.98 Å². The minimum atomic E-state index is -2.17. The van der Waals surface area contributed by atoms with Crippen molar-refractivity contribution in [3.05, 3.63) is 41.0 Å². The van der Waals surface area contributed by atoms with Crippen molar-refractivity contribution in [1.29, 1.82) is 0 Å². The Labute approximate surface area is 80.2 Å². The van der Waals surface area contributed by atoms with E-state index in [0.29, 0.717) is 10.5 Å². The van der Waals surface area contributed by atoms with Crippen molar-refractivity contribution in [3.63, 3.8) is 0 Å². The van der Waals surface area contributed by atoms with Gasteiger partial charge in [0.15, 0.2) is 0 Å². The molecule has 0 saturated carbocycles. The number of nitrogens with zero attached hydrogens (tertiary/aromatic N) is 1. The number of hydrogen-bond acceptors (Lipinski definition) is 1. The molecule has 1 nitrogen and oxygen atoms in total. The van der Waals surface area contributed by atoms with Gasteiger partial charge in [0, 0.05) is 20.2 Å². The lowest BCUT2D eigenvalue weighted by atomic mass is 10.2. The summed E-state index contributed by atoms with van der Waals surface area (Å²) in [6.07, 6.45) is 0. The van der Waals surface area contributed by atoms with Crippen LogP contribution in [0.15, 0.2) is 30.3 Å². The van der Waals surface area contributed by atoms with Crippen molar-refractivity contribution in [2.75, 3.05) is 0 Å². The van der Waals surface area contributed by atoms with Crippen LogP contribution < -0.4 is 0 Å². The predicted molar refractivity (Wildman–Crippen MR) is 51.5 cm³/mol. The van der Waals surface area contributed by atoms with Gasteiger partial charge in [0.25, 0.3) is 0 Å². The summed E-state index contributed by atoms with van der Waals surface area (Å²) in [5, 5.41) is 1.44. The number of benzene rings is 1. The number of hydrogen-bond donors (Lipinski definition) is 0. The van der Waals surface area contributed by atoms with E-state index >= 15 is 0 Å². The first-order valence-corrected chi connectivity index (χ1v) is 3.91. The van der Waals surface area contributed by atoms with E-state index < -0.39 is 6.85 Å². The topological polar surface area (TPSA) is 12.9 Å². The molecule has 0 amide bonds. The molecular formula is C10H8ClN. The Morgan fingerprint density at radius 3 is 3.00 bits per heavy atom. The molecular weight excluding hydrogens is 170 g/mol. The third-order valence-electron chi connectivity index (χ3n) is 1.65. The van der Waals surface area contributed by atoms with E-state index in [-0.39, 0.29) is 5.69 Å². The summed E-state index contributed by atoms with van der Waals surface area (Å²) in [5.74, 6) is 0. The maximum atomic E-state index is 7.24. The van der Waals surface area contributed by atoms with Gasteiger partial charge < -0.3 is 0 Å². The standard InChI is InChI=1S/C10H8ClN/c1-7-2-3-8-4-5-9(11)6-10(8)12-7/h2-6H,1H3/i1D3. The Balaban J connectivity index is 2.64. The summed E-state index contributed by atoms with van der Waals surface area (Å²) in [6.45, 7) is -2.17. The van der Waals surface area contributed by atoms with E-state index in [1.165, 1.54) is 6.07 Å². The third-order valence-corrected chi connectivity index (χ3v) is 1.89. The number of pyridine rings is 1. The molecule has 12 heavy (non-hydrogen) atoms. The maximum Gasteiger partial charge on any atom is 0.0719 e. The van der Waals surface area contributed by atoms with Gasteiger partial charge in [-0.1, -0.05) is 23.7 Å². The van der Waals surface area contributed by atoms with Crippen LogP contribution >= 0.6 is 11.6 Å². The molecule has 1 aromatic heterocycles. The van der Waals surface area contributed by atoms with Gasteiger partial charge in [-0.05, 0) is 25.1 Å². The van der Waals surface area contributed by atoms with E-state index in [4.69, 9.17) is 15.7 Å². The smallest absolute Gasteiger partial charge is 0.0719 e. The van der Waals surface area contributed by atoms with Gasteiger partial charge in [-0.25, -0.2) is 0 Å². The van der Waals surface area contributed by atoms with Gasteiger partial charge in [-0.15, -0.1) is 0 Å². The molecule has 0 unspecified atom stereocenters. The quantitative estimate of drug-likeness (QED) is 0.607. The molecule has 2 aromatic rings. The van der Waals surface area contributed by atoms with E-state index in [1.807, 2.05) is 6.07 Å². The monoisotopic (exact) mass is 180 g/mol. The predicted octanol–water partition coefficient (Wildman–Crippen LogP) is 3.20. The lowest BCUT2D eigenvalue weighted by Gasteiger charge is -1.98. The SMILES string of the molecule is [2H]C([2H])([2H])c1ccc2ccc(Cl)cc2n1. The number of halogens is 1. The summed E-state index contributed by atoms with van der Waals surface area (Å²) in [5.41, 5.74) is 0.702. The second-order valence-electron chi connectivity index (χ2n) is 2.53. The summed E-state index contributed by atoms with van der Waals surface area (Å²) >= 11 is 5.80. The Bertz CT molecular complexity index is 507. The van der Waals surface area contributed by atoms with Crippen LogP contribution in [0.3, 0.4) is 0 Å². The normalized spacial score (nSPS) is 15.2. The minimum absolute atomic E-state index is 0.0947. The summed E-state index contributed by atoms with van der Waals surface area (Å²) in [4.78, 5) is 4.06. The third kappa shape index (κ3) is 1.28. The van der Waals surface area contributed by atoms with Crippen LogP contribution in [0.25, 0.3) is 10.9 Å². The molecule has 0 fully saturated rings. The van der Waals surface area contributed by atoms with Crippen molar-refractivity contribution in [3.8, 4) is 0 Å². The maximum absolute atomic E-state index is 7.24. The molecule has 0 aliphatic carbocycles. The van der Waals surface area contributed by atoms with Gasteiger partial charge >= 0.3 is 0 Å². The number of fused-ring (bicyclic) bond motifs is 1. The Morgan fingerprint density at radius 1 is 1.33 bits per heavy atom. The molecule has 0 N–H and O–H groups in total. The molecule has 0 spiro atoms. The zero-order valence-electron chi connectivity index (χ0n) is 9.21. The van der Waals surface area contributed by atoms with Crippen LogP contribution in [0.5, 0.6) is 0 Å². The van der Waals surface area contributed by atoms with Crippen LogP contribution in [0.1, 0.15) is 9.81 Å².